The topological polar surface area (TPSA) is 60.3 Å². The largest absolute Gasteiger partial charge is 0.461 e. The van der Waals surface area contributed by atoms with Crippen LogP contribution in [-0.4, -0.2) is 23.1 Å². The SMILES string of the molecule is CCOC(=O)c1cc(NC(C)=O)cn1C. The fraction of sp³-hybridized carbons (Fsp3) is 0.400. The number of esters is 1. The maximum absolute atomic E-state index is 11.4. The van der Waals surface area contributed by atoms with Gasteiger partial charge in [-0.3, -0.25) is 4.79 Å². The molecule has 0 unspecified atom stereocenters. The fourth-order valence-corrected chi connectivity index (χ4v) is 1.24. The summed E-state index contributed by atoms with van der Waals surface area (Å²) in [5.41, 5.74) is 1.01. The third-order valence-corrected chi connectivity index (χ3v) is 1.81. The summed E-state index contributed by atoms with van der Waals surface area (Å²) in [5, 5.41) is 2.60. The van der Waals surface area contributed by atoms with Gasteiger partial charge in [0.1, 0.15) is 5.69 Å². The molecule has 0 bridgehead atoms. The second-order valence-electron chi connectivity index (χ2n) is 3.13. The van der Waals surface area contributed by atoms with Crippen LogP contribution in [0.15, 0.2) is 12.3 Å². The molecule has 1 heterocycles. The van der Waals surface area contributed by atoms with Crippen LogP contribution in [-0.2, 0) is 16.6 Å². The van der Waals surface area contributed by atoms with Crippen LogP contribution in [0.5, 0.6) is 0 Å². The van der Waals surface area contributed by atoms with Crippen molar-refractivity contribution in [3.63, 3.8) is 0 Å². The number of nitrogens with zero attached hydrogens (tertiary/aromatic N) is 1. The van der Waals surface area contributed by atoms with Gasteiger partial charge in [0, 0.05) is 20.2 Å². The number of hydrogen-bond acceptors (Lipinski definition) is 3. The van der Waals surface area contributed by atoms with E-state index < -0.39 is 5.97 Å². The molecule has 5 heteroatoms. The zero-order chi connectivity index (χ0) is 11.4. The molecule has 0 spiro atoms. The Morgan fingerprint density at radius 3 is 2.73 bits per heavy atom. The van der Waals surface area contributed by atoms with Crippen molar-refractivity contribution < 1.29 is 14.3 Å². The first kappa shape index (κ1) is 11.3. The van der Waals surface area contributed by atoms with E-state index in [2.05, 4.69) is 5.32 Å². The summed E-state index contributed by atoms with van der Waals surface area (Å²) in [4.78, 5) is 22.2. The average Bonchev–Trinajstić information content (AvgIpc) is 2.46. The van der Waals surface area contributed by atoms with E-state index in [1.165, 1.54) is 6.92 Å². The highest BCUT2D eigenvalue weighted by Gasteiger charge is 2.12. The Morgan fingerprint density at radius 1 is 1.53 bits per heavy atom. The molecule has 0 aliphatic carbocycles. The van der Waals surface area contributed by atoms with E-state index in [1.807, 2.05) is 0 Å². The summed E-state index contributed by atoms with van der Waals surface area (Å²) in [6.45, 7) is 3.49. The zero-order valence-corrected chi connectivity index (χ0v) is 9.03. The summed E-state index contributed by atoms with van der Waals surface area (Å²) in [5.74, 6) is -0.562. The number of hydrogen-bond donors (Lipinski definition) is 1. The van der Waals surface area contributed by atoms with Crippen molar-refractivity contribution in [3.8, 4) is 0 Å². The van der Waals surface area contributed by atoms with Crippen LogP contribution >= 0.6 is 0 Å². The summed E-state index contributed by atoms with van der Waals surface area (Å²) < 4.78 is 6.47. The molecule has 0 atom stereocenters. The summed E-state index contributed by atoms with van der Waals surface area (Å²) in [6.07, 6.45) is 1.66. The fourth-order valence-electron chi connectivity index (χ4n) is 1.24. The monoisotopic (exact) mass is 210 g/mol. The van der Waals surface area contributed by atoms with Crippen molar-refractivity contribution >= 4 is 17.6 Å². The van der Waals surface area contributed by atoms with Gasteiger partial charge in [-0.15, -0.1) is 0 Å². The van der Waals surface area contributed by atoms with Gasteiger partial charge in [0.15, 0.2) is 0 Å². The van der Waals surface area contributed by atoms with Gasteiger partial charge in [0.2, 0.25) is 5.91 Å². The molecule has 1 amide bonds. The minimum atomic E-state index is -0.392. The second kappa shape index (κ2) is 4.63. The minimum absolute atomic E-state index is 0.170. The van der Waals surface area contributed by atoms with E-state index >= 15 is 0 Å². The third kappa shape index (κ3) is 2.83. The number of rotatable bonds is 3. The van der Waals surface area contributed by atoms with Crippen molar-refractivity contribution in [1.29, 1.82) is 0 Å². The first-order chi connectivity index (χ1) is 7.04. The van der Waals surface area contributed by atoms with Crippen LogP contribution in [0, 0.1) is 0 Å². The Balaban J connectivity index is 2.86. The molecule has 5 nitrogen and oxygen atoms in total. The van der Waals surface area contributed by atoms with Gasteiger partial charge in [-0.05, 0) is 13.0 Å². The van der Waals surface area contributed by atoms with Crippen molar-refractivity contribution in [1.82, 2.24) is 4.57 Å². The normalized spacial score (nSPS) is 9.80. The number of carbonyl (C=O) groups is 2. The molecule has 0 aliphatic heterocycles. The first-order valence-electron chi connectivity index (χ1n) is 4.65. The van der Waals surface area contributed by atoms with E-state index in [4.69, 9.17) is 4.74 Å². The van der Waals surface area contributed by atoms with E-state index in [0.717, 1.165) is 0 Å². The molecule has 1 N–H and O–H groups in total. The van der Waals surface area contributed by atoms with E-state index in [9.17, 15) is 9.59 Å². The van der Waals surface area contributed by atoms with Crippen LogP contribution in [0.2, 0.25) is 0 Å². The first-order valence-corrected chi connectivity index (χ1v) is 4.65. The van der Waals surface area contributed by atoms with Gasteiger partial charge < -0.3 is 14.6 Å². The highest BCUT2D eigenvalue weighted by Crippen LogP contribution is 2.13. The van der Waals surface area contributed by atoms with Gasteiger partial charge >= 0.3 is 5.97 Å². The van der Waals surface area contributed by atoms with Gasteiger partial charge in [0.05, 0.1) is 12.3 Å². The molecule has 0 fully saturated rings. The molecule has 1 rings (SSSR count). The van der Waals surface area contributed by atoms with Gasteiger partial charge in [-0.2, -0.15) is 0 Å². The standard InChI is InChI=1S/C10H14N2O3/c1-4-15-10(14)9-5-8(6-12(9)3)11-7(2)13/h5-6H,4H2,1-3H3,(H,11,13). The molecule has 15 heavy (non-hydrogen) atoms. The molecular weight excluding hydrogens is 196 g/mol. The predicted octanol–water partition coefficient (Wildman–Crippen LogP) is 1.16. The molecular formula is C10H14N2O3. The summed E-state index contributed by atoms with van der Waals surface area (Å²) in [6, 6.07) is 1.58. The van der Waals surface area contributed by atoms with Gasteiger partial charge in [0.25, 0.3) is 0 Å². The van der Waals surface area contributed by atoms with Crippen LogP contribution in [0.1, 0.15) is 24.3 Å². The maximum atomic E-state index is 11.4. The van der Waals surface area contributed by atoms with Crippen molar-refractivity contribution in [2.24, 2.45) is 7.05 Å². The highest BCUT2D eigenvalue weighted by molar-refractivity contribution is 5.93. The maximum Gasteiger partial charge on any atom is 0.355 e. The van der Waals surface area contributed by atoms with Gasteiger partial charge in [-0.25, -0.2) is 4.79 Å². The Labute approximate surface area is 88.0 Å². The summed E-state index contributed by atoms with van der Waals surface area (Å²) >= 11 is 0. The van der Waals surface area contributed by atoms with Crippen LogP contribution in [0.3, 0.4) is 0 Å². The van der Waals surface area contributed by atoms with Gasteiger partial charge in [-0.1, -0.05) is 0 Å². The molecule has 1 aromatic rings. The number of aromatic nitrogens is 1. The highest BCUT2D eigenvalue weighted by atomic mass is 16.5. The smallest absolute Gasteiger partial charge is 0.355 e. The van der Waals surface area contributed by atoms with Crippen LogP contribution in [0.4, 0.5) is 5.69 Å². The molecule has 0 saturated heterocycles. The minimum Gasteiger partial charge on any atom is -0.461 e. The van der Waals surface area contributed by atoms with Crippen molar-refractivity contribution in [2.45, 2.75) is 13.8 Å². The Morgan fingerprint density at radius 2 is 2.20 bits per heavy atom. The van der Waals surface area contributed by atoms with Crippen molar-refractivity contribution in [2.75, 3.05) is 11.9 Å². The molecule has 0 saturated carbocycles. The molecule has 1 aromatic heterocycles. The second-order valence-corrected chi connectivity index (χ2v) is 3.13. The third-order valence-electron chi connectivity index (χ3n) is 1.81. The van der Waals surface area contributed by atoms with Crippen molar-refractivity contribution in [3.05, 3.63) is 18.0 Å². The lowest BCUT2D eigenvalue weighted by Crippen LogP contribution is -2.08. The van der Waals surface area contributed by atoms with E-state index in [1.54, 1.807) is 30.8 Å². The predicted molar refractivity (Wildman–Crippen MR) is 55.7 cm³/mol. The Bertz CT molecular complexity index is 382. The van der Waals surface area contributed by atoms with E-state index in [-0.39, 0.29) is 5.91 Å². The lowest BCUT2D eigenvalue weighted by atomic mass is 10.4. The quantitative estimate of drug-likeness (QED) is 0.761. The number of nitrogens with one attached hydrogen (secondary N) is 1. The molecule has 0 radical (unpaired) electrons. The lowest BCUT2D eigenvalue weighted by molar-refractivity contribution is -0.114. The summed E-state index contributed by atoms with van der Waals surface area (Å²) in [7, 11) is 1.72. The average molecular weight is 210 g/mol. The zero-order valence-electron chi connectivity index (χ0n) is 9.03. The molecule has 0 aromatic carbocycles. The number of amides is 1. The van der Waals surface area contributed by atoms with E-state index in [0.29, 0.717) is 18.0 Å². The van der Waals surface area contributed by atoms with Crippen LogP contribution < -0.4 is 5.32 Å². The Kier molecular flexibility index (Phi) is 3.49. The number of anilines is 1. The number of ether oxygens (including phenoxy) is 1. The number of carbonyl (C=O) groups excluding carboxylic acids is 2. The molecule has 0 aliphatic rings. The molecule has 82 valence electrons. The number of aryl methyl sites for hydroxylation is 1. The lowest BCUT2D eigenvalue weighted by Gasteiger charge is -2.01. The van der Waals surface area contributed by atoms with Crippen LogP contribution in [0.25, 0.3) is 0 Å². The Hall–Kier alpha value is -1.78.